The molecule has 1 aliphatic carbocycles. The molecule has 8 heteroatoms. The lowest BCUT2D eigenvalue weighted by Gasteiger charge is -2.41. The summed E-state index contributed by atoms with van der Waals surface area (Å²) in [4.78, 5) is 13.1. The van der Waals surface area contributed by atoms with Crippen LogP contribution in [-0.2, 0) is 11.5 Å². The second-order valence-corrected chi connectivity index (χ2v) is 15.7. The summed E-state index contributed by atoms with van der Waals surface area (Å²) in [6.07, 6.45) is 1.10. The molecule has 1 N–H and O–H groups in total. The highest BCUT2D eigenvalue weighted by molar-refractivity contribution is 9.10. The minimum atomic E-state index is -1.18. The number of hydrogen-bond donors (Lipinski definition) is 1. The molecule has 0 bridgehead atoms. The number of halogens is 2. The average Bonchev–Trinajstić information content (AvgIpc) is 2.72. The van der Waals surface area contributed by atoms with Crippen LogP contribution in [0.3, 0.4) is 0 Å². The van der Waals surface area contributed by atoms with E-state index < -0.39 is 13.7 Å². The highest BCUT2D eigenvalue weighted by Crippen LogP contribution is 2.42. The minimum Gasteiger partial charge on any atom is -0.390 e. The first kappa shape index (κ1) is 20.1. The molecular weight excluding hydrogens is 436 g/mol. The highest BCUT2D eigenvalue weighted by Gasteiger charge is 2.41. The first-order valence-corrected chi connectivity index (χ1v) is 13.8. The number of fused-ring (bicyclic) bond motifs is 1. The Morgan fingerprint density at radius 3 is 2.62 bits per heavy atom. The van der Waals surface area contributed by atoms with Crippen LogP contribution in [0.25, 0.3) is 11.0 Å². The van der Waals surface area contributed by atoms with Crippen molar-refractivity contribution in [3.05, 3.63) is 32.1 Å². The largest absolute Gasteiger partial charge is 0.390 e. The predicted molar refractivity (Wildman–Crippen MR) is 112 cm³/mol. The van der Waals surface area contributed by atoms with E-state index >= 15 is 0 Å². The van der Waals surface area contributed by atoms with E-state index in [1.807, 2.05) is 6.07 Å². The van der Waals surface area contributed by atoms with E-state index in [1.165, 1.54) is 0 Å². The standard InChI is InChI=1S/C18H26BrClN2O3Si/c1-18(24)9-13(10-18)22-16-14(20)7-12(19)8-15(16)21(17(22)23)11-25-5-6-26(2,3)4/h7-8,13,24H,5-6,9-11H2,1-4H3. The van der Waals surface area contributed by atoms with Gasteiger partial charge in [-0.1, -0.05) is 47.2 Å². The number of imidazole rings is 1. The Labute approximate surface area is 168 Å². The van der Waals surface area contributed by atoms with Gasteiger partial charge >= 0.3 is 5.69 Å². The number of aromatic nitrogens is 2. The summed E-state index contributed by atoms with van der Waals surface area (Å²) in [5, 5.41) is 10.6. The van der Waals surface area contributed by atoms with Gasteiger partial charge in [-0.3, -0.25) is 9.13 Å². The third kappa shape index (κ3) is 4.12. The molecule has 1 aromatic carbocycles. The van der Waals surface area contributed by atoms with Gasteiger partial charge < -0.3 is 9.84 Å². The Hall–Kier alpha value is -0.603. The molecule has 0 saturated heterocycles. The van der Waals surface area contributed by atoms with Crippen molar-refractivity contribution in [2.75, 3.05) is 6.61 Å². The number of hydrogen-bond acceptors (Lipinski definition) is 3. The fourth-order valence-corrected chi connectivity index (χ4v) is 5.10. The molecule has 1 aliphatic rings. The zero-order chi connectivity index (χ0) is 19.3. The van der Waals surface area contributed by atoms with Crippen molar-refractivity contribution in [3.63, 3.8) is 0 Å². The van der Waals surface area contributed by atoms with Crippen LogP contribution in [0.15, 0.2) is 21.4 Å². The number of benzene rings is 1. The number of ether oxygens (including phenoxy) is 1. The van der Waals surface area contributed by atoms with Crippen molar-refractivity contribution in [2.24, 2.45) is 0 Å². The van der Waals surface area contributed by atoms with Gasteiger partial charge in [0.1, 0.15) is 6.73 Å². The first-order chi connectivity index (χ1) is 12.0. The molecule has 144 valence electrons. The SMILES string of the molecule is CC1(O)CC(n2c(=O)n(COCC[Si](C)(C)C)c3cc(Br)cc(Cl)c32)C1. The molecule has 1 fully saturated rings. The second-order valence-electron chi connectivity index (χ2n) is 8.74. The molecule has 0 aliphatic heterocycles. The molecule has 0 unspecified atom stereocenters. The fourth-order valence-electron chi connectivity index (χ4n) is 3.46. The molecule has 0 radical (unpaired) electrons. The third-order valence-corrected chi connectivity index (χ3v) is 7.36. The maximum Gasteiger partial charge on any atom is 0.331 e. The molecule has 0 spiro atoms. The summed E-state index contributed by atoms with van der Waals surface area (Å²) < 4.78 is 10.0. The number of rotatable bonds is 6. The Kier molecular flexibility index (Phi) is 5.49. The van der Waals surface area contributed by atoms with Crippen LogP contribution in [-0.4, -0.2) is 34.5 Å². The van der Waals surface area contributed by atoms with E-state index in [-0.39, 0.29) is 18.5 Å². The van der Waals surface area contributed by atoms with Gasteiger partial charge in [0, 0.05) is 25.2 Å². The Morgan fingerprint density at radius 2 is 2.04 bits per heavy atom. The summed E-state index contributed by atoms with van der Waals surface area (Å²) in [5.74, 6) is 0. The quantitative estimate of drug-likeness (QED) is 0.504. The number of nitrogens with zero attached hydrogens (tertiary/aromatic N) is 2. The van der Waals surface area contributed by atoms with E-state index in [0.717, 1.165) is 16.0 Å². The molecule has 0 amide bonds. The van der Waals surface area contributed by atoms with Crippen LogP contribution < -0.4 is 5.69 Å². The van der Waals surface area contributed by atoms with Crippen LogP contribution in [0.2, 0.25) is 30.7 Å². The molecule has 1 heterocycles. The smallest absolute Gasteiger partial charge is 0.331 e. The van der Waals surface area contributed by atoms with Gasteiger partial charge in [0.05, 0.1) is 21.7 Å². The van der Waals surface area contributed by atoms with E-state index in [4.69, 9.17) is 16.3 Å². The van der Waals surface area contributed by atoms with E-state index in [1.54, 1.807) is 22.1 Å². The van der Waals surface area contributed by atoms with Gasteiger partial charge in [-0.25, -0.2) is 4.79 Å². The highest BCUT2D eigenvalue weighted by atomic mass is 79.9. The van der Waals surface area contributed by atoms with Crippen LogP contribution in [0.4, 0.5) is 0 Å². The minimum absolute atomic E-state index is 0.0399. The third-order valence-electron chi connectivity index (χ3n) is 4.91. The molecule has 26 heavy (non-hydrogen) atoms. The van der Waals surface area contributed by atoms with Crippen molar-refractivity contribution in [3.8, 4) is 0 Å². The molecule has 1 saturated carbocycles. The van der Waals surface area contributed by atoms with Crippen LogP contribution in [0, 0.1) is 0 Å². The van der Waals surface area contributed by atoms with Gasteiger partial charge in [-0.05, 0) is 37.9 Å². The van der Waals surface area contributed by atoms with Crippen molar-refractivity contribution < 1.29 is 9.84 Å². The van der Waals surface area contributed by atoms with Gasteiger partial charge in [0.2, 0.25) is 0 Å². The normalized spacial score (nSPS) is 23.4. The van der Waals surface area contributed by atoms with Crippen LogP contribution in [0.5, 0.6) is 0 Å². The summed E-state index contributed by atoms with van der Waals surface area (Å²) in [7, 11) is -1.18. The summed E-state index contributed by atoms with van der Waals surface area (Å²) in [5.41, 5.74) is 0.630. The van der Waals surface area contributed by atoms with Gasteiger partial charge in [-0.2, -0.15) is 0 Å². The van der Waals surface area contributed by atoms with Crippen molar-refractivity contribution in [2.45, 2.75) is 63.8 Å². The van der Waals surface area contributed by atoms with Crippen LogP contribution >= 0.6 is 27.5 Å². The molecular formula is C18H26BrClN2O3Si. The zero-order valence-electron chi connectivity index (χ0n) is 15.7. The molecule has 5 nitrogen and oxygen atoms in total. The average molecular weight is 462 g/mol. The summed E-state index contributed by atoms with van der Waals surface area (Å²) >= 11 is 9.93. The Balaban J connectivity index is 1.95. The zero-order valence-corrected chi connectivity index (χ0v) is 19.0. The number of aliphatic hydroxyl groups is 1. The maximum atomic E-state index is 13.1. The predicted octanol–water partition coefficient (Wildman–Crippen LogP) is 4.62. The fraction of sp³-hybridized carbons (Fsp3) is 0.611. The van der Waals surface area contributed by atoms with Gasteiger partial charge in [-0.15, -0.1) is 0 Å². The van der Waals surface area contributed by atoms with Gasteiger partial charge in [0.25, 0.3) is 0 Å². The lowest BCUT2D eigenvalue weighted by atomic mass is 9.77. The topological polar surface area (TPSA) is 56.4 Å². The first-order valence-electron chi connectivity index (χ1n) is 8.88. The molecule has 1 aromatic heterocycles. The molecule has 3 rings (SSSR count). The van der Waals surface area contributed by atoms with Gasteiger partial charge in [0.15, 0.2) is 0 Å². The van der Waals surface area contributed by atoms with Crippen molar-refractivity contribution in [1.29, 1.82) is 0 Å². The van der Waals surface area contributed by atoms with E-state index in [9.17, 15) is 9.90 Å². The molecule has 2 aromatic rings. The summed E-state index contributed by atoms with van der Waals surface area (Å²) in [6, 6.07) is 4.71. The maximum absolute atomic E-state index is 13.1. The van der Waals surface area contributed by atoms with Crippen LogP contribution in [0.1, 0.15) is 25.8 Å². The lowest BCUT2D eigenvalue weighted by molar-refractivity contribution is -0.0510. The lowest BCUT2D eigenvalue weighted by Crippen LogP contribution is -2.45. The van der Waals surface area contributed by atoms with Crippen molar-refractivity contribution >= 4 is 46.6 Å². The monoisotopic (exact) mass is 460 g/mol. The Morgan fingerprint density at radius 1 is 1.38 bits per heavy atom. The summed E-state index contributed by atoms with van der Waals surface area (Å²) in [6.45, 7) is 9.55. The molecule has 0 atom stereocenters. The van der Waals surface area contributed by atoms with Crippen molar-refractivity contribution in [1.82, 2.24) is 9.13 Å². The second kappa shape index (κ2) is 7.09. The Bertz CT molecular complexity index is 877. The van der Waals surface area contributed by atoms with E-state index in [0.29, 0.717) is 30.0 Å². The van der Waals surface area contributed by atoms with E-state index in [2.05, 4.69) is 35.6 Å².